The number of nitriles is 1. The average Bonchev–Trinajstić information content (AvgIpc) is 2.79. The van der Waals surface area contributed by atoms with E-state index in [1.807, 2.05) is 17.0 Å². The molecule has 2 aliphatic rings. The van der Waals surface area contributed by atoms with Crippen molar-refractivity contribution in [2.24, 2.45) is 0 Å². The van der Waals surface area contributed by atoms with E-state index >= 15 is 0 Å². The van der Waals surface area contributed by atoms with E-state index in [4.69, 9.17) is 9.47 Å². The summed E-state index contributed by atoms with van der Waals surface area (Å²) in [5, 5.41) is 9.63. The molecule has 0 aliphatic carbocycles. The van der Waals surface area contributed by atoms with Gasteiger partial charge in [0.2, 0.25) is 0 Å². The van der Waals surface area contributed by atoms with Crippen LogP contribution in [0.3, 0.4) is 0 Å². The van der Waals surface area contributed by atoms with Gasteiger partial charge < -0.3 is 19.3 Å². The van der Waals surface area contributed by atoms with Gasteiger partial charge in [0.15, 0.2) is 0 Å². The zero-order chi connectivity index (χ0) is 20.2. The number of carbonyl (C=O) groups excluding carboxylic acids is 1. The Bertz CT molecular complexity index is 1040. The van der Waals surface area contributed by atoms with Crippen molar-refractivity contribution in [3.63, 3.8) is 0 Å². The zero-order valence-electron chi connectivity index (χ0n) is 15.9. The molecule has 9 nitrogen and oxygen atoms in total. The lowest BCUT2D eigenvalue weighted by Crippen LogP contribution is -2.41. The Labute approximate surface area is 167 Å². The Balaban J connectivity index is 1.82. The van der Waals surface area contributed by atoms with Crippen molar-refractivity contribution in [3.05, 3.63) is 45.9 Å². The molecule has 0 bridgehead atoms. The van der Waals surface area contributed by atoms with Gasteiger partial charge in [0.1, 0.15) is 23.1 Å². The van der Waals surface area contributed by atoms with Crippen LogP contribution in [0.5, 0.6) is 0 Å². The first kappa shape index (κ1) is 19.1. The van der Waals surface area contributed by atoms with E-state index in [1.165, 1.54) is 10.5 Å². The highest BCUT2D eigenvalue weighted by Crippen LogP contribution is 2.21. The first-order valence-corrected chi connectivity index (χ1v) is 9.52. The second-order valence-electron chi connectivity index (χ2n) is 6.76. The molecule has 0 atom stereocenters. The number of hydrogen-bond donors (Lipinski definition) is 0. The molecule has 0 spiro atoms. The highest BCUT2D eigenvalue weighted by atomic mass is 16.5. The normalized spacial score (nSPS) is 18.0. The van der Waals surface area contributed by atoms with E-state index in [2.05, 4.69) is 4.98 Å². The Morgan fingerprint density at radius 3 is 2.48 bits per heavy atom. The van der Waals surface area contributed by atoms with Gasteiger partial charge in [-0.05, 0) is 18.2 Å². The molecule has 150 valence electrons. The number of morpholine rings is 2. The number of nitrogens with zero attached hydrogens (tertiary/aromatic N) is 5. The van der Waals surface area contributed by atoms with Gasteiger partial charge in [0, 0.05) is 32.4 Å². The number of hydrogen-bond acceptors (Lipinski definition) is 7. The summed E-state index contributed by atoms with van der Waals surface area (Å²) in [4.78, 5) is 34.2. The fourth-order valence-electron chi connectivity index (χ4n) is 3.46. The van der Waals surface area contributed by atoms with Gasteiger partial charge in [-0.1, -0.05) is 6.07 Å². The van der Waals surface area contributed by atoms with Gasteiger partial charge in [-0.25, -0.2) is 4.98 Å². The molecule has 29 heavy (non-hydrogen) atoms. The number of aromatic nitrogens is 2. The van der Waals surface area contributed by atoms with Gasteiger partial charge in [-0.2, -0.15) is 5.26 Å². The fraction of sp³-hybridized carbons (Fsp3) is 0.400. The molecule has 9 heteroatoms. The highest BCUT2D eigenvalue weighted by Gasteiger charge is 2.24. The van der Waals surface area contributed by atoms with Crippen LogP contribution in [0.2, 0.25) is 0 Å². The quantitative estimate of drug-likeness (QED) is 0.544. The third kappa shape index (κ3) is 3.85. The molecule has 2 aromatic heterocycles. The Kier molecular flexibility index (Phi) is 5.55. The molecule has 0 aromatic carbocycles. The summed E-state index contributed by atoms with van der Waals surface area (Å²) in [6.45, 7) is 3.92. The fourth-order valence-corrected chi connectivity index (χ4v) is 3.46. The van der Waals surface area contributed by atoms with Gasteiger partial charge in [-0.15, -0.1) is 0 Å². The predicted octanol–water partition coefficient (Wildman–Crippen LogP) is 0.297. The van der Waals surface area contributed by atoms with Crippen molar-refractivity contribution in [2.75, 3.05) is 57.5 Å². The summed E-state index contributed by atoms with van der Waals surface area (Å²) in [5.74, 6) is 0.0633. The second kappa shape index (κ2) is 8.43. The number of amides is 1. The Morgan fingerprint density at radius 1 is 1.10 bits per heavy atom. The Morgan fingerprint density at radius 2 is 1.79 bits per heavy atom. The zero-order valence-corrected chi connectivity index (χ0v) is 15.9. The lowest BCUT2D eigenvalue weighted by atomic mass is 10.1. The van der Waals surface area contributed by atoms with E-state index in [1.54, 1.807) is 23.2 Å². The van der Waals surface area contributed by atoms with Crippen LogP contribution in [0.15, 0.2) is 34.8 Å². The van der Waals surface area contributed by atoms with E-state index in [0.717, 1.165) is 0 Å². The summed E-state index contributed by atoms with van der Waals surface area (Å²) < 4.78 is 12.1. The van der Waals surface area contributed by atoms with Crippen molar-refractivity contribution in [3.8, 4) is 6.07 Å². The van der Waals surface area contributed by atoms with Crippen molar-refractivity contribution in [2.45, 2.75) is 0 Å². The first-order chi connectivity index (χ1) is 14.2. The van der Waals surface area contributed by atoms with E-state index < -0.39 is 5.91 Å². The van der Waals surface area contributed by atoms with Crippen LogP contribution < -0.4 is 10.5 Å². The van der Waals surface area contributed by atoms with Crippen molar-refractivity contribution in [1.82, 2.24) is 14.3 Å². The molecule has 0 radical (unpaired) electrons. The molecule has 2 aliphatic heterocycles. The van der Waals surface area contributed by atoms with Crippen molar-refractivity contribution in [1.29, 1.82) is 5.26 Å². The van der Waals surface area contributed by atoms with Crippen molar-refractivity contribution >= 4 is 23.4 Å². The monoisotopic (exact) mass is 395 g/mol. The molecule has 0 saturated carbocycles. The van der Waals surface area contributed by atoms with Crippen LogP contribution in [0.1, 0.15) is 5.56 Å². The lowest BCUT2D eigenvalue weighted by molar-refractivity contribution is -0.130. The molecular weight excluding hydrogens is 374 g/mol. The van der Waals surface area contributed by atoms with Gasteiger partial charge in [-0.3, -0.25) is 14.0 Å². The standard InChI is InChI=1S/C20H21N5O4/c21-14-15(19(26)24-7-11-29-12-8-24)13-16-18(23-5-9-28-10-6-23)22-17-3-1-2-4-25(17)20(16)27/h1-4,13H,5-12H2/b15-13-. The third-order valence-electron chi connectivity index (χ3n) is 5.00. The molecule has 4 heterocycles. The lowest BCUT2D eigenvalue weighted by Gasteiger charge is -2.29. The van der Waals surface area contributed by atoms with E-state index in [-0.39, 0.29) is 16.7 Å². The van der Waals surface area contributed by atoms with E-state index in [0.29, 0.717) is 64.1 Å². The molecule has 2 fully saturated rings. The van der Waals surface area contributed by atoms with Crippen LogP contribution >= 0.6 is 0 Å². The molecule has 0 unspecified atom stereocenters. The molecule has 0 N–H and O–H groups in total. The highest BCUT2D eigenvalue weighted by molar-refractivity contribution is 6.02. The number of pyridine rings is 1. The summed E-state index contributed by atoms with van der Waals surface area (Å²) in [6, 6.07) is 7.26. The molecule has 1 amide bonds. The maximum atomic E-state index is 13.2. The van der Waals surface area contributed by atoms with Crippen LogP contribution in [0, 0.1) is 11.3 Å². The topological polar surface area (TPSA) is 100 Å². The minimum absolute atomic E-state index is 0.0869. The number of ether oxygens (including phenoxy) is 2. The van der Waals surface area contributed by atoms with Crippen LogP contribution in [0.4, 0.5) is 5.82 Å². The summed E-state index contributed by atoms with van der Waals surface area (Å²) in [7, 11) is 0. The largest absolute Gasteiger partial charge is 0.378 e. The Hall–Kier alpha value is -3.22. The van der Waals surface area contributed by atoms with Crippen LogP contribution in [-0.2, 0) is 14.3 Å². The summed E-state index contributed by atoms with van der Waals surface area (Å²) in [5.41, 5.74) is 0.332. The van der Waals surface area contributed by atoms with Crippen LogP contribution in [-0.4, -0.2) is 72.8 Å². The maximum Gasteiger partial charge on any atom is 0.267 e. The number of fused-ring (bicyclic) bond motifs is 1. The smallest absolute Gasteiger partial charge is 0.267 e. The number of anilines is 1. The molecular formula is C20H21N5O4. The number of carbonyl (C=O) groups is 1. The predicted molar refractivity (Wildman–Crippen MR) is 105 cm³/mol. The molecule has 2 saturated heterocycles. The maximum absolute atomic E-state index is 13.2. The van der Waals surface area contributed by atoms with Crippen LogP contribution in [0.25, 0.3) is 11.7 Å². The summed E-state index contributed by atoms with van der Waals surface area (Å²) in [6.07, 6.45) is 3.00. The molecule has 4 rings (SSSR count). The van der Waals surface area contributed by atoms with Crippen molar-refractivity contribution < 1.29 is 14.3 Å². The van der Waals surface area contributed by atoms with Gasteiger partial charge in [0.25, 0.3) is 11.5 Å². The minimum Gasteiger partial charge on any atom is -0.378 e. The average molecular weight is 395 g/mol. The minimum atomic E-state index is -0.402. The SMILES string of the molecule is N#C/C(=C/c1c(N2CCOCC2)nc2ccccn2c1=O)C(=O)N1CCOCC1. The van der Waals surface area contributed by atoms with Gasteiger partial charge in [0.05, 0.1) is 32.0 Å². The van der Waals surface area contributed by atoms with E-state index in [9.17, 15) is 14.9 Å². The first-order valence-electron chi connectivity index (χ1n) is 9.52. The number of rotatable bonds is 3. The third-order valence-corrected chi connectivity index (χ3v) is 5.00. The molecule has 2 aromatic rings. The van der Waals surface area contributed by atoms with Gasteiger partial charge >= 0.3 is 0 Å². The second-order valence-corrected chi connectivity index (χ2v) is 6.76. The summed E-state index contributed by atoms with van der Waals surface area (Å²) >= 11 is 0.